The van der Waals surface area contributed by atoms with E-state index in [-0.39, 0.29) is 17.1 Å². The first kappa shape index (κ1) is 17.6. The van der Waals surface area contributed by atoms with Crippen molar-refractivity contribution in [3.63, 3.8) is 0 Å². The van der Waals surface area contributed by atoms with Crippen LogP contribution in [0.1, 0.15) is 27.7 Å². The van der Waals surface area contributed by atoms with Crippen molar-refractivity contribution in [2.45, 2.75) is 32.9 Å². The van der Waals surface area contributed by atoms with Crippen molar-refractivity contribution in [1.82, 2.24) is 24.0 Å². The lowest BCUT2D eigenvalue weighted by molar-refractivity contribution is 0.201. The molecule has 1 aromatic rings. The first-order valence-electron chi connectivity index (χ1n) is 6.91. The minimum absolute atomic E-state index is 0.184. The smallest absolute Gasteiger partial charge is 0.323 e. The molecule has 1 aromatic heterocycles. The van der Waals surface area contributed by atoms with Crippen LogP contribution in [0.4, 0.5) is 4.79 Å². The van der Waals surface area contributed by atoms with Crippen LogP contribution in [0.5, 0.6) is 0 Å². The zero-order valence-electron chi connectivity index (χ0n) is 13.1. The summed E-state index contributed by atoms with van der Waals surface area (Å²) in [5, 5.41) is 3.46. The fraction of sp³-hybridized carbons (Fsp3) is 0.750. The van der Waals surface area contributed by atoms with Crippen LogP contribution in [-0.4, -0.2) is 65.1 Å². The van der Waals surface area contributed by atoms with Gasteiger partial charge in [-0.05, 0) is 19.8 Å². The van der Waals surface area contributed by atoms with Crippen LogP contribution < -0.4 is 0 Å². The summed E-state index contributed by atoms with van der Waals surface area (Å²) < 4.78 is 26.7. The molecule has 0 unspecified atom stereocenters. The van der Waals surface area contributed by atoms with Crippen molar-refractivity contribution in [1.29, 1.82) is 0 Å². The van der Waals surface area contributed by atoms with Gasteiger partial charge in [-0.25, -0.2) is 18.2 Å². The fourth-order valence-electron chi connectivity index (χ4n) is 1.85. The van der Waals surface area contributed by atoms with E-state index < -0.39 is 10.0 Å². The second-order valence-corrected chi connectivity index (χ2v) is 7.04. The van der Waals surface area contributed by atoms with Gasteiger partial charge in [0, 0.05) is 26.7 Å². The topological polar surface area (TPSA) is 88.4 Å². The molecule has 0 aromatic carbocycles. The molecule has 0 radical (unpaired) electrons. The SMILES string of the molecule is CCN(CC)C(=O)n1cnc(S(=O)(=O)N(C)CC(C)C)n1. The quantitative estimate of drug-likeness (QED) is 0.776. The first-order valence-corrected chi connectivity index (χ1v) is 8.35. The molecule has 0 aliphatic heterocycles. The molecular weight excluding hydrogens is 294 g/mol. The van der Waals surface area contributed by atoms with Crippen LogP contribution in [0.3, 0.4) is 0 Å². The van der Waals surface area contributed by atoms with E-state index in [1.54, 1.807) is 0 Å². The van der Waals surface area contributed by atoms with Gasteiger partial charge in [0.15, 0.2) is 0 Å². The second kappa shape index (κ2) is 6.99. The predicted octanol–water partition coefficient (Wildman–Crippen LogP) is 0.864. The van der Waals surface area contributed by atoms with E-state index in [4.69, 9.17) is 0 Å². The summed E-state index contributed by atoms with van der Waals surface area (Å²) in [4.78, 5) is 17.4. The molecule has 0 aliphatic rings. The van der Waals surface area contributed by atoms with Crippen LogP contribution >= 0.6 is 0 Å². The Bertz CT molecular complexity index is 577. The molecule has 0 bridgehead atoms. The number of sulfonamides is 1. The Labute approximate surface area is 125 Å². The number of aromatic nitrogens is 3. The number of nitrogens with zero attached hydrogens (tertiary/aromatic N) is 5. The summed E-state index contributed by atoms with van der Waals surface area (Å²) in [6.45, 7) is 8.92. The van der Waals surface area contributed by atoms with Crippen molar-refractivity contribution in [3.8, 4) is 0 Å². The number of rotatable bonds is 6. The summed E-state index contributed by atoms with van der Waals surface area (Å²) in [5.41, 5.74) is 0. The molecule has 0 saturated carbocycles. The van der Waals surface area contributed by atoms with Gasteiger partial charge in [0.1, 0.15) is 6.33 Å². The van der Waals surface area contributed by atoms with Gasteiger partial charge in [-0.3, -0.25) is 0 Å². The van der Waals surface area contributed by atoms with Crippen molar-refractivity contribution in [2.75, 3.05) is 26.7 Å². The second-order valence-electron chi connectivity index (χ2n) is 5.11. The Morgan fingerprint density at radius 1 is 1.33 bits per heavy atom. The molecule has 120 valence electrons. The highest BCUT2D eigenvalue weighted by Gasteiger charge is 2.27. The standard InChI is InChI=1S/C12H23N5O3S/c1-6-16(7-2)12(18)17-9-13-11(14-17)21(19,20)15(5)8-10(3)4/h9-10H,6-8H2,1-5H3. The molecular formula is C12H23N5O3S. The van der Waals surface area contributed by atoms with E-state index in [0.29, 0.717) is 19.6 Å². The first-order chi connectivity index (χ1) is 9.73. The third-order valence-electron chi connectivity index (χ3n) is 2.96. The maximum atomic E-state index is 12.3. The zero-order chi connectivity index (χ0) is 16.2. The summed E-state index contributed by atoms with van der Waals surface area (Å²) in [6, 6.07) is -0.388. The van der Waals surface area contributed by atoms with Crippen molar-refractivity contribution in [3.05, 3.63) is 6.33 Å². The lowest BCUT2D eigenvalue weighted by atomic mass is 10.2. The highest BCUT2D eigenvalue weighted by molar-refractivity contribution is 7.88. The molecule has 9 heteroatoms. The van der Waals surface area contributed by atoms with Crippen LogP contribution in [0.25, 0.3) is 0 Å². The van der Waals surface area contributed by atoms with Crippen LogP contribution in [-0.2, 0) is 10.0 Å². The number of hydrogen-bond acceptors (Lipinski definition) is 5. The zero-order valence-corrected chi connectivity index (χ0v) is 14.0. The average molecular weight is 317 g/mol. The van der Waals surface area contributed by atoms with Gasteiger partial charge >= 0.3 is 6.03 Å². The monoisotopic (exact) mass is 317 g/mol. The van der Waals surface area contributed by atoms with Gasteiger partial charge in [-0.2, -0.15) is 8.99 Å². The summed E-state index contributed by atoms with van der Waals surface area (Å²) >= 11 is 0. The number of carbonyl (C=O) groups is 1. The van der Waals surface area contributed by atoms with Crippen LogP contribution in [0, 0.1) is 5.92 Å². The van der Waals surface area contributed by atoms with E-state index in [1.807, 2.05) is 27.7 Å². The Hall–Kier alpha value is -1.48. The van der Waals surface area contributed by atoms with Crippen LogP contribution in [0.15, 0.2) is 11.5 Å². The number of amides is 1. The summed E-state index contributed by atoms with van der Waals surface area (Å²) in [6.07, 6.45) is 1.14. The number of hydrogen-bond donors (Lipinski definition) is 0. The van der Waals surface area contributed by atoms with E-state index in [0.717, 1.165) is 11.0 Å². The third-order valence-corrected chi connectivity index (χ3v) is 4.58. The molecule has 0 fully saturated rings. The molecule has 0 spiro atoms. The molecule has 0 atom stereocenters. The normalized spacial score (nSPS) is 12.1. The highest BCUT2D eigenvalue weighted by atomic mass is 32.2. The molecule has 0 saturated heterocycles. The van der Waals surface area contributed by atoms with Gasteiger partial charge in [0.25, 0.3) is 15.2 Å². The molecule has 0 aliphatic carbocycles. The van der Waals surface area contributed by atoms with Crippen molar-refractivity contribution >= 4 is 16.1 Å². The molecule has 0 N–H and O–H groups in total. The number of carbonyl (C=O) groups excluding carboxylic acids is 1. The molecule has 21 heavy (non-hydrogen) atoms. The van der Waals surface area contributed by atoms with E-state index in [2.05, 4.69) is 10.1 Å². The molecule has 1 heterocycles. The van der Waals surface area contributed by atoms with Crippen molar-refractivity contribution < 1.29 is 13.2 Å². The predicted molar refractivity (Wildman–Crippen MR) is 78.4 cm³/mol. The largest absolute Gasteiger partial charge is 0.346 e. The van der Waals surface area contributed by atoms with Crippen molar-refractivity contribution in [2.24, 2.45) is 5.92 Å². The minimum Gasteiger partial charge on any atom is -0.323 e. The van der Waals surface area contributed by atoms with E-state index in [1.165, 1.54) is 16.3 Å². The maximum Gasteiger partial charge on any atom is 0.346 e. The minimum atomic E-state index is -3.77. The van der Waals surface area contributed by atoms with Gasteiger partial charge < -0.3 is 4.90 Å². The Morgan fingerprint density at radius 2 is 1.90 bits per heavy atom. The summed E-state index contributed by atoms with van der Waals surface area (Å²) in [5.74, 6) is 0.184. The maximum absolute atomic E-state index is 12.3. The Morgan fingerprint density at radius 3 is 2.38 bits per heavy atom. The Kier molecular flexibility index (Phi) is 5.85. The van der Waals surface area contributed by atoms with E-state index >= 15 is 0 Å². The molecule has 8 nitrogen and oxygen atoms in total. The molecule has 1 rings (SSSR count). The van der Waals surface area contributed by atoms with E-state index in [9.17, 15) is 13.2 Å². The van der Waals surface area contributed by atoms with Gasteiger partial charge in [0.05, 0.1) is 0 Å². The van der Waals surface area contributed by atoms with Gasteiger partial charge in [-0.15, -0.1) is 5.10 Å². The lowest BCUT2D eigenvalue weighted by Crippen LogP contribution is -2.35. The fourth-order valence-corrected chi connectivity index (χ4v) is 2.99. The lowest BCUT2D eigenvalue weighted by Gasteiger charge is -2.18. The highest BCUT2D eigenvalue weighted by Crippen LogP contribution is 2.11. The van der Waals surface area contributed by atoms with Crippen LogP contribution in [0.2, 0.25) is 0 Å². The molecule has 1 amide bonds. The Balaban J connectivity index is 3.00. The average Bonchev–Trinajstić information content (AvgIpc) is 2.89. The van der Waals surface area contributed by atoms with Gasteiger partial charge in [0.2, 0.25) is 0 Å². The van der Waals surface area contributed by atoms with Gasteiger partial charge in [-0.1, -0.05) is 13.8 Å². The third kappa shape index (κ3) is 4.01. The summed E-state index contributed by atoms with van der Waals surface area (Å²) in [7, 11) is -2.29.